The molecule has 1 heterocycles. The molecule has 2 fully saturated rings. The number of piperidine rings is 1. The Labute approximate surface area is 142 Å². The van der Waals surface area contributed by atoms with Crippen LogP contribution in [0.1, 0.15) is 55.6 Å². The summed E-state index contributed by atoms with van der Waals surface area (Å²) in [5.74, 6) is 0.716. The molecule has 0 bridgehead atoms. The quantitative estimate of drug-likeness (QED) is 0.611. The second-order valence-corrected chi connectivity index (χ2v) is 7.32. The second-order valence-electron chi connectivity index (χ2n) is 6.56. The summed E-state index contributed by atoms with van der Waals surface area (Å²) >= 11 is 2.47. The summed E-state index contributed by atoms with van der Waals surface area (Å²) in [4.78, 5) is 2.56. The topological polar surface area (TPSA) is 23.5 Å². The van der Waals surface area contributed by atoms with Crippen LogP contribution in [0.3, 0.4) is 0 Å². The zero-order chi connectivity index (χ0) is 14.7. The summed E-state index contributed by atoms with van der Waals surface area (Å²) in [6.07, 6.45) is 7.10. The zero-order valence-electron chi connectivity index (χ0n) is 12.7. The van der Waals surface area contributed by atoms with Crippen LogP contribution in [0.5, 0.6) is 0 Å². The fourth-order valence-electron chi connectivity index (χ4n) is 4.11. The van der Waals surface area contributed by atoms with Crippen LogP contribution in [0.25, 0.3) is 0 Å². The fourth-order valence-corrected chi connectivity index (χ4v) is 4.81. The first-order valence-electron chi connectivity index (χ1n) is 8.35. The van der Waals surface area contributed by atoms with Gasteiger partial charge in [-0.05, 0) is 55.8 Å². The van der Waals surface area contributed by atoms with Gasteiger partial charge >= 0.3 is 0 Å². The van der Waals surface area contributed by atoms with Crippen LogP contribution in [0.2, 0.25) is 0 Å². The van der Waals surface area contributed by atoms with E-state index < -0.39 is 0 Å². The van der Waals surface area contributed by atoms with Crippen molar-refractivity contribution >= 4 is 22.6 Å². The lowest BCUT2D eigenvalue weighted by molar-refractivity contribution is 0.00868. The van der Waals surface area contributed by atoms with E-state index in [1.807, 2.05) is 0 Å². The maximum Gasteiger partial charge on any atom is 0.0695 e. The molecule has 2 atom stereocenters. The van der Waals surface area contributed by atoms with Crippen LogP contribution in [-0.2, 0) is 4.43 Å². The van der Waals surface area contributed by atoms with Gasteiger partial charge in [0.25, 0.3) is 0 Å². The van der Waals surface area contributed by atoms with Crippen molar-refractivity contribution in [2.24, 2.45) is 0 Å². The zero-order valence-corrected chi connectivity index (χ0v) is 14.8. The lowest BCUT2D eigenvalue weighted by atomic mass is 9.84. The van der Waals surface area contributed by atoms with Gasteiger partial charge < -0.3 is 5.11 Å². The Morgan fingerprint density at radius 3 is 2.48 bits per heavy atom. The van der Waals surface area contributed by atoms with Crippen molar-refractivity contribution in [3.63, 3.8) is 0 Å². The van der Waals surface area contributed by atoms with Gasteiger partial charge in [0, 0.05) is 10.5 Å². The van der Waals surface area contributed by atoms with E-state index in [0.717, 1.165) is 23.9 Å². The molecule has 1 saturated carbocycles. The number of benzene rings is 1. The SMILES string of the molecule is O[C@@H]1CCCCC1N1CCC(c2ccccc2CI)CC1. The Kier molecular flexibility index (Phi) is 5.57. The highest BCUT2D eigenvalue weighted by Gasteiger charge is 2.32. The fraction of sp³-hybridized carbons (Fsp3) is 0.667. The van der Waals surface area contributed by atoms with E-state index in [4.69, 9.17) is 0 Å². The maximum absolute atomic E-state index is 10.2. The molecule has 2 aliphatic rings. The maximum atomic E-state index is 10.2. The number of hydrogen-bond acceptors (Lipinski definition) is 2. The van der Waals surface area contributed by atoms with Crippen LogP contribution in [0, 0.1) is 0 Å². The lowest BCUT2D eigenvalue weighted by Crippen LogP contribution is -2.48. The second kappa shape index (κ2) is 7.42. The first-order valence-corrected chi connectivity index (χ1v) is 9.88. The van der Waals surface area contributed by atoms with Gasteiger partial charge in [-0.15, -0.1) is 0 Å². The van der Waals surface area contributed by atoms with Gasteiger partial charge in [0.05, 0.1) is 6.10 Å². The highest BCUT2D eigenvalue weighted by atomic mass is 127. The molecule has 1 aromatic carbocycles. The van der Waals surface area contributed by atoms with Crippen molar-refractivity contribution < 1.29 is 5.11 Å². The molecule has 116 valence electrons. The van der Waals surface area contributed by atoms with Gasteiger partial charge in [-0.1, -0.05) is 59.7 Å². The molecule has 1 aliphatic carbocycles. The van der Waals surface area contributed by atoms with Crippen molar-refractivity contribution in [2.75, 3.05) is 13.1 Å². The van der Waals surface area contributed by atoms with Gasteiger partial charge in [0.15, 0.2) is 0 Å². The summed E-state index contributed by atoms with van der Waals surface area (Å²) < 4.78 is 1.11. The predicted octanol–water partition coefficient (Wildman–Crippen LogP) is 4.10. The number of rotatable bonds is 3. The van der Waals surface area contributed by atoms with Gasteiger partial charge in [0.1, 0.15) is 0 Å². The molecular formula is C18H26INO. The number of aliphatic hydroxyl groups excluding tert-OH is 1. The summed E-state index contributed by atoms with van der Waals surface area (Å²) in [6.45, 7) is 2.31. The molecule has 1 saturated heterocycles. The van der Waals surface area contributed by atoms with E-state index in [1.54, 1.807) is 5.56 Å². The molecular weight excluding hydrogens is 373 g/mol. The molecule has 0 spiro atoms. The van der Waals surface area contributed by atoms with Crippen LogP contribution >= 0.6 is 22.6 Å². The lowest BCUT2D eigenvalue weighted by Gasteiger charge is -2.42. The normalized spacial score (nSPS) is 28.7. The van der Waals surface area contributed by atoms with Crippen LogP contribution in [-0.4, -0.2) is 35.2 Å². The van der Waals surface area contributed by atoms with Crippen LogP contribution < -0.4 is 0 Å². The summed E-state index contributed by atoms with van der Waals surface area (Å²) in [6, 6.07) is 9.37. The third-order valence-corrected chi connectivity index (χ3v) is 6.15. The molecule has 1 N–H and O–H groups in total. The van der Waals surface area contributed by atoms with E-state index in [9.17, 15) is 5.11 Å². The highest BCUT2D eigenvalue weighted by molar-refractivity contribution is 14.1. The van der Waals surface area contributed by atoms with E-state index in [-0.39, 0.29) is 6.10 Å². The van der Waals surface area contributed by atoms with Gasteiger partial charge in [0.2, 0.25) is 0 Å². The Hall–Kier alpha value is -0.130. The van der Waals surface area contributed by atoms with Crippen LogP contribution in [0.4, 0.5) is 0 Å². The molecule has 1 unspecified atom stereocenters. The number of likely N-dealkylation sites (tertiary alicyclic amines) is 1. The minimum Gasteiger partial charge on any atom is -0.391 e. The highest BCUT2D eigenvalue weighted by Crippen LogP contribution is 2.34. The molecule has 0 radical (unpaired) electrons. The first-order chi connectivity index (χ1) is 10.3. The number of aliphatic hydroxyl groups is 1. The average Bonchev–Trinajstić information content (AvgIpc) is 2.55. The Bertz CT molecular complexity index is 456. The van der Waals surface area contributed by atoms with Gasteiger partial charge in [-0.2, -0.15) is 0 Å². The molecule has 1 aliphatic heterocycles. The molecule has 0 amide bonds. The first kappa shape index (κ1) is 15.8. The van der Waals surface area contributed by atoms with Gasteiger partial charge in [-0.3, -0.25) is 4.90 Å². The van der Waals surface area contributed by atoms with E-state index in [0.29, 0.717) is 12.0 Å². The third kappa shape index (κ3) is 3.62. The molecule has 21 heavy (non-hydrogen) atoms. The van der Waals surface area contributed by atoms with E-state index >= 15 is 0 Å². The summed E-state index contributed by atoms with van der Waals surface area (Å²) in [5, 5.41) is 10.2. The third-order valence-electron chi connectivity index (χ3n) is 5.33. The minimum atomic E-state index is -0.0862. The Balaban J connectivity index is 1.62. The van der Waals surface area contributed by atoms with Crippen molar-refractivity contribution in [3.8, 4) is 0 Å². The minimum absolute atomic E-state index is 0.0862. The Morgan fingerprint density at radius 2 is 1.76 bits per heavy atom. The predicted molar refractivity (Wildman–Crippen MR) is 96.0 cm³/mol. The standard InChI is InChI=1S/C18H26INO/c19-13-15-5-1-2-6-16(15)14-9-11-20(12-10-14)17-7-3-4-8-18(17)21/h1-2,5-6,14,17-18,21H,3-4,7-13H2/t17?,18-/m1/s1. The number of nitrogens with zero attached hydrogens (tertiary/aromatic N) is 1. The van der Waals surface area contributed by atoms with E-state index in [2.05, 4.69) is 51.8 Å². The van der Waals surface area contributed by atoms with Crippen molar-refractivity contribution in [1.82, 2.24) is 4.90 Å². The van der Waals surface area contributed by atoms with Crippen molar-refractivity contribution in [3.05, 3.63) is 35.4 Å². The van der Waals surface area contributed by atoms with Crippen molar-refractivity contribution in [1.29, 1.82) is 0 Å². The van der Waals surface area contributed by atoms with Crippen molar-refractivity contribution in [2.45, 2.75) is 61.0 Å². The van der Waals surface area contributed by atoms with Gasteiger partial charge in [-0.25, -0.2) is 0 Å². The smallest absolute Gasteiger partial charge is 0.0695 e. The number of hydrogen-bond donors (Lipinski definition) is 1. The monoisotopic (exact) mass is 399 g/mol. The molecule has 2 nitrogen and oxygen atoms in total. The Morgan fingerprint density at radius 1 is 1.05 bits per heavy atom. The molecule has 1 aromatic rings. The molecule has 3 heteroatoms. The van der Waals surface area contributed by atoms with Crippen LogP contribution in [0.15, 0.2) is 24.3 Å². The number of alkyl halides is 1. The van der Waals surface area contributed by atoms with E-state index in [1.165, 1.54) is 37.7 Å². The summed E-state index contributed by atoms with van der Waals surface area (Å²) in [5.41, 5.74) is 3.07. The molecule has 3 rings (SSSR count). The average molecular weight is 399 g/mol. The molecule has 0 aromatic heterocycles. The largest absolute Gasteiger partial charge is 0.391 e. The summed E-state index contributed by atoms with van der Waals surface area (Å²) in [7, 11) is 0. The number of halogens is 1.